The number of nitrogens with two attached hydrogens (primary N) is 1. The van der Waals surface area contributed by atoms with Gasteiger partial charge >= 0.3 is 5.97 Å². The van der Waals surface area contributed by atoms with Crippen LogP contribution in [0.25, 0.3) is 0 Å². The number of rotatable bonds is 4. The molecule has 1 atom stereocenters. The van der Waals surface area contributed by atoms with Crippen molar-refractivity contribution in [1.29, 1.82) is 0 Å². The molecule has 3 N–H and O–H groups in total. The van der Waals surface area contributed by atoms with E-state index in [1.165, 1.54) is 17.7 Å². The maximum Gasteiger partial charge on any atom is 0.336 e. The van der Waals surface area contributed by atoms with E-state index in [-0.39, 0.29) is 17.2 Å². The molecule has 3 aliphatic rings. The third-order valence-corrected chi connectivity index (χ3v) is 7.37. The standard InChI is InChI=1S/C23H30FN3O4/c1-23(2)7-3-14(4-8-23)26-9-5-15(6-10-26)27-19(20(25)28)16-11-13(24)12-17(22(30)31)18(16)21(27)29/h11-12,14-15,19H,3-10H2,1-2H3,(H2,25,28)(H,30,31). The van der Waals surface area contributed by atoms with Gasteiger partial charge < -0.3 is 20.6 Å². The number of piperidine rings is 1. The lowest BCUT2D eigenvalue weighted by molar-refractivity contribution is -0.123. The largest absolute Gasteiger partial charge is 0.478 e. The molecule has 2 aliphatic heterocycles. The number of hydrogen-bond donors (Lipinski definition) is 2. The topological polar surface area (TPSA) is 104 Å². The van der Waals surface area contributed by atoms with E-state index in [0.717, 1.165) is 38.1 Å². The van der Waals surface area contributed by atoms with Gasteiger partial charge in [0.1, 0.15) is 11.9 Å². The Morgan fingerprint density at radius 2 is 1.71 bits per heavy atom. The maximum absolute atomic E-state index is 14.1. The number of carboxylic acid groups (broad SMARTS) is 1. The molecular formula is C23H30FN3O4. The van der Waals surface area contributed by atoms with Crippen LogP contribution < -0.4 is 5.73 Å². The minimum Gasteiger partial charge on any atom is -0.478 e. The SMILES string of the molecule is CC1(C)CCC(N2CCC(N3C(=O)c4c(C(=O)O)cc(F)cc4C3C(N)=O)CC2)CC1. The summed E-state index contributed by atoms with van der Waals surface area (Å²) in [4.78, 5) is 41.0. The lowest BCUT2D eigenvalue weighted by atomic mass is 9.75. The monoisotopic (exact) mass is 431 g/mol. The zero-order valence-electron chi connectivity index (χ0n) is 18.1. The Kier molecular flexibility index (Phi) is 5.54. The van der Waals surface area contributed by atoms with Crippen molar-refractivity contribution in [1.82, 2.24) is 9.80 Å². The van der Waals surface area contributed by atoms with Gasteiger partial charge in [0.2, 0.25) is 5.91 Å². The molecule has 4 rings (SSSR count). The molecule has 7 nitrogen and oxygen atoms in total. The summed E-state index contributed by atoms with van der Waals surface area (Å²) in [6, 6.07) is 1.06. The second kappa shape index (κ2) is 7.89. The smallest absolute Gasteiger partial charge is 0.336 e. The number of primary amides is 1. The number of likely N-dealkylation sites (tertiary alicyclic amines) is 1. The number of aromatic carboxylic acids is 1. The molecule has 8 heteroatoms. The number of halogens is 1. The molecule has 0 aromatic heterocycles. The first-order chi connectivity index (χ1) is 14.6. The molecule has 1 aliphatic carbocycles. The molecule has 1 saturated carbocycles. The van der Waals surface area contributed by atoms with Gasteiger partial charge in [-0.25, -0.2) is 9.18 Å². The van der Waals surface area contributed by atoms with Crippen LogP contribution in [-0.4, -0.2) is 57.9 Å². The number of amides is 2. The summed E-state index contributed by atoms with van der Waals surface area (Å²) in [6.45, 7) is 6.23. The van der Waals surface area contributed by atoms with Crippen molar-refractivity contribution in [2.45, 2.75) is 70.5 Å². The van der Waals surface area contributed by atoms with Crippen LogP contribution in [0.2, 0.25) is 0 Å². The van der Waals surface area contributed by atoms with E-state index < -0.39 is 35.2 Å². The van der Waals surface area contributed by atoms with Gasteiger partial charge in [0, 0.05) is 30.7 Å². The van der Waals surface area contributed by atoms with Crippen molar-refractivity contribution in [3.05, 3.63) is 34.6 Å². The predicted octanol–water partition coefficient (Wildman–Crippen LogP) is 2.94. The summed E-state index contributed by atoms with van der Waals surface area (Å²) in [7, 11) is 0. The zero-order valence-corrected chi connectivity index (χ0v) is 18.1. The second-order valence-electron chi connectivity index (χ2n) is 9.90. The third-order valence-electron chi connectivity index (χ3n) is 7.37. The third kappa shape index (κ3) is 3.93. The number of hydrogen-bond acceptors (Lipinski definition) is 4. The highest BCUT2D eigenvalue weighted by atomic mass is 19.1. The summed E-state index contributed by atoms with van der Waals surface area (Å²) in [6.07, 6.45) is 6.08. The molecule has 1 aromatic rings. The lowest BCUT2D eigenvalue weighted by Crippen LogP contribution is -2.51. The Bertz CT molecular complexity index is 914. The summed E-state index contributed by atoms with van der Waals surface area (Å²) in [5, 5.41) is 9.47. The van der Waals surface area contributed by atoms with Gasteiger partial charge in [0.25, 0.3) is 5.91 Å². The number of carboxylic acids is 1. The second-order valence-corrected chi connectivity index (χ2v) is 9.90. The van der Waals surface area contributed by atoms with Crippen LogP contribution in [0.3, 0.4) is 0 Å². The Morgan fingerprint density at radius 3 is 2.26 bits per heavy atom. The van der Waals surface area contributed by atoms with Crippen LogP contribution in [0.15, 0.2) is 12.1 Å². The first-order valence-electron chi connectivity index (χ1n) is 11.0. The van der Waals surface area contributed by atoms with E-state index in [4.69, 9.17) is 5.73 Å². The van der Waals surface area contributed by atoms with Crippen LogP contribution >= 0.6 is 0 Å². The summed E-state index contributed by atoms with van der Waals surface area (Å²) >= 11 is 0. The fourth-order valence-electron chi connectivity index (χ4n) is 5.59. The number of nitrogens with zero attached hydrogens (tertiary/aromatic N) is 2. The van der Waals surface area contributed by atoms with Gasteiger partial charge in [-0.2, -0.15) is 0 Å². The van der Waals surface area contributed by atoms with Crippen LogP contribution in [0.1, 0.15) is 84.7 Å². The number of fused-ring (bicyclic) bond motifs is 1. The highest BCUT2D eigenvalue weighted by Crippen LogP contribution is 2.41. The average Bonchev–Trinajstić information content (AvgIpc) is 3.00. The normalized spacial score (nSPS) is 24.9. The highest BCUT2D eigenvalue weighted by molar-refractivity contribution is 6.11. The lowest BCUT2D eigenvalue weighted by Gasteiger charge is -2.45. The quantitative estimate of drug-likeness (QED) is 0.763. The fourth-order valence-corrected chi connectivity index (χ4v) is 5.59. The Hall–Kier alpha value is -2.48. The van der Waals surface area contributed by atoms with Crippen molar-refractivity contribution in [2.75, 3.05) is 13.1 Å². The fraction of sp³-hybridized carbons (Fsp3) is 0.609. The van der Waals surface area contributed by atoms with Crippen LogP contribution in [0.4, 0.5) is 4.39 Å². The molecule has 0 bridgehead atoms. The van der Waals surface area contributed by atoms with Gasteiger partial charge in [0.15, 0.2) is 0 Å². The van der Waals surface area contributed by atoms with E-state index in [9.17, 15) is 23.9 Å². The van der Waals surface area contributed by atoms with Crippen LogP contribution in [-0.2, 0) is 4.79 Å². The van der Waals surface area contributed by atoms with E-state index in [0.29, 0.717) is 24.3 Å². The van der Waals surface area contributed by atoms with Crippen molar-refractivity contribution in [3.8, 4) is 0 Å². The van der Waals surface area contributed by atoms with Gasteiger partial charge in [-0.05, 0) is 56.1 Å². The van der Waals surface area contributed by atoms with Gasteiger partial charge in [0.05, 0.1) is 11.1 Å². The summed E-state index contributed by atoms with van der Waals surface area (Å²) in [5.41, 5.74) is 5.53. The number of carbonyl (C=O) groups excluding carboxylic acids is 2. The van der Waals surface area contributed by atoms with Crippen molar-refractivity contribution < 1.29 is 23.9 Å². The predicted molar refractivity (Wildman–Crippen MR) is 112 cm³/mol. The molecule has 2 heterocycles. The van der Waals surface area contributed by atoms with Gasteiger partial charge in [-0.15, -0.1) is 0 Å². The zero-order chi connectivity index (χ0) is 22.5. The summed E-state index contributed by atoms with van der Waals surface area (Å²) in [5.74, 6) is -3.52. The highest BCUT2D eigenvalue weighted by Gasteiger charge is 2.47. The maximum atomic E-state index is 14.1. The molecule has 1 aromatic carbocycles. The van der Waals surface area contributed by atoms with Crippen molar-refractivity contribution in [2.24, 2.45) is 11.1 Å². The molecule has 2 amide bonds. The van der Waals surface area contributed by atoms with E-state index >= 15 is 0 Å². The Balaban J connectivity index is 1.53. The van der Waals surface area contributed by atoms with E-state index in [2.05, 4.69) is 18.7 Å². The summed E-state index contributed by atoms with van der Waals surface area (Å²) < 4.78 is 14.1. The molecule has 2 fully saturated rings. The minimum absolute atomic E-state index is 0.0619. The minimum atomic E-state index is -1.40. The molecule has 31 heavy (non-hydrogen) atoms. The number of carbonyl (C=O) groups is 3. The Morgan fingerprint density at radius 1 is 1.10 bits per heavy atom. The first-order valence-corrected chi connectivity index (χ1v) is 11.0. The van der Waals surface area contributed by atoms with Crippen molar-refractivity contribution >= 4 is 17.8 Å². The van der Waals surface area contributed by atoms with Crippen LogP contribution in [0.5, 0.6) is 0 Å². The van der Waals surface area contributed by atoms with Crippen LogP contribution in [0, 0.1) is 11.2 Å². The van der Waals surface area contributed by atoms with E-state index in [1.807, 2.05) is 0 Å². The van der Waals surface area contributed by atoms with Gasteiger partial charge in [-0.1, -0.05) is 13.8 Å². The Labute approximate surface area is 181 Å². The van der Waals surface area contributed by atoms with Crippen molar-refractivity contribution in [3.63, 3.8) is 0 Å². The molecular weight excluding hydrogens is 401 g/mol. The molecule has 0 radical (unpaired) electrons. The molecule has 1 saturated heterocycles. The average molecular weight is 432 g/mol. The molecule has 0 spiro atoms. The molecule has 1 unspecified atom stereocenters. The first kappa shape index (κ1) is 21.7. The van der Waals surface area contributed by atoms with E-state index in [1.54, 1.807) is 0 Å². The van der Waals surface area contributed by atoms with Gasteiger partial charge in [-0.3, -0.25) is 9.59 Å². The number of benzene rings is 1. The molecule has 168 valence electrons.